The predicted octanol–water partition coefficient (Wildman–Crippen LogP) is 2.06. The molecule has 0 radical (unpaired) electrons. The highest BCUT2D eigenvalue weighted by molar-refractivity contribution is 7.80. The summed E-state index contributed by atoms with van der Waals surface area (Å²) in [6.07, 6.45) is 3.29. The zero-order valence-electron chi connectivity index (χ0n) is 11.0. The molecular weight excluding hydrogens is 256 g/mol. The van der Waals surface area contributed by atoms with Gasteiger partial charge >= 0.3 is 0 Å². The Labute approximate surface area is 118 Å². The monoisotopic (exact) mass is 272 g/mol. The SMILES string of the molecule is Cc1cccc(CN(C)c2cnc(C(N)=S)cn2)c1. The fraction of sp³-hybridized carbons (Fsp3) is 0.214. The summed E-state index contributed by atoms with van der Waals surface area (Å²) in [5.41, 5.74) is 8.53. The minimum atomic E-state index is 0.264. The number of rotatable bonds is 4. The molecule has 2 rings (SSSR count). The summed E-state index contributed by atoms with van der Waals surface area (Å²) in [6.45, 7) is 2.86. The second-order valence-electron chi connectivity index (χ2n) is 4.47. The molecule has 0 bridgehead atoms. The van der Waals surface area contributed by atoms with E-state index in [9.17, 15) is 0 Å². The Bertz CT molecular complexity index is 580. The van der Waals surface area contributed by atoms with Crippen molar-refractivity contribution >= 4 is 23.0 Å². The third kappa shape index (κ3) is 3.48. The molecule has 1 aromatic heterocycles. The van der Waals surface area contributed by atoms with Crippen LogP contribution in [0.15, 0.2) is 36.7 Å². The summed E-state index contributed by atoms with van der Waals surface area (Å²) < 4.78 is 0. The van der Waals surface area contributed by atoms with Crippen LogP contribution in [-0.4, -0.2) is 22.0 Å². The first-order chi connectivity index (χ1) is 9.06. The molecule has 0 saturated carbocycles. The Balaban J connectivity index is 2.11. The van der Waals surface area contributed by atoms with Gasteiger partial charge in [0.2, 0.25) is 0 Å². The number of anilines is 1. The van der Waals surface area contributed by atoms with Gasteiger partial charge in [0, 0.05) is 13.6 Å². The van der Waals surface area contributed by atoms with Crippen molar-refractivity contribution in [1.82, 2.24) is 9.97 Å². The van der Waals surface area contributed by atoms with Gasteiger partial charge in [-0.05, 0) is 12.5 Å². The topological polar surface area (TPSA) is 55.0 Å². The molecule has 0 saturated heterocycles. The van der Waals surface area contributed by atoms with E-state index in [4.69, 9.17) is 18.0 Å². The van der Waals surface area contributed by atoms with Gasteiger partial charge < -0.3 is 10.6 Å². The molecule has 0 aliphatic heterocycles. The van der Waals surface area contributed by atoms with Crippen LogP contribution in [-0.2, 0) is 6.54 Å². The van der Waals surface area contributed by atoms with Crippen LogP contribution in [0.5, 0.6) is 0 Å². The van der Waals surface area contributed by atoms with Crippen molar-refractivity contribution in [2.45, 2.75) is 13.5 Å². The Morgan fingerprint density at radius 2 is 2.11 bits per heavy atom. The number of nitrogens with two attached hydrogens (primary N) is 1. The summed E-state index contributed by atoms with van der Waals surface area (Å²) in [7, 11) is 1.98. The van der Waals surface area contributed by atoms with Gasteiger partial charge in [-0.3, -0.25) is 0 Å². The Morgan fingerprint density at radius 3 is 2.68 bits per heavy atom. The number of hydrogen-bond acceptors (Lipinski definition) is 4. The lowest BCUT2D eigenvalue weighted by atomic mass is 10.1. The summed E-state index contributed by atoms with van der Waals surface area (Å²) >= 11 is 4.85. The number of aryl methyl sites for hydroxylation is 1. The van der Waals surface area contributed by atoms with Gasteiger partial charge in [-0.25, -0.2) is 9.97 Å². The highest BCUT2D eigenvalue weighted by atomic mass is 32.1. The zero-order valence-corrected chi connectivity index (χ0v) is 11.8. The van der Waals surface area contributed by atoms with E-state index < -0.39 is 0 Å². The fourth-order valence-electron chi connectivity index (χ4n) is 1.81. The molecule has 2 aromatic rings. The molecule has 5 heteroatoms. The van der Waals surface area contributed by atoms with Crippen molar-refractivity contribution in [3.8, 4) is 0 Å². The van der Waals surface area contributed by atoms with Crippen molar-refractivity contribution in [2.75, 3.05) is 11.9 Å². The van der Waals surface area contributed by atoms with E-state index in [1.165, 1.54) is 11.1 Å². The first kappa shape index (κ1) is 13.4. The summed E-state index contributed by atoms with van der Waals surface area (Å²) in [5.74, 6) is 0.793. The molecule has 0 unspecified atom stereocenters. The molecule has 4 nitrogen and oxygen atoms in total. The largest absolute Gasteiger partial charge is 0.388 e. The number of benzene rings is 1. The van der Waals surface area contributed by atoms with Crippen LogP contribution in [0, 0.1) is 6.92 Å². The van der Waals surface area contributed by atoms with Crippen molar-refractivity contribution < 1.29 is 0 Å². The standard InChI is InChI=1S/C14H16N4S/c1-10-4-3-5-11(6-10)9-18(2)13-8-16-12(7-17-13)14(15)19/h3-8H,9H2,1-2H3,(H2,15,19). The van der Waals surface area contributed by atoms with Gasteiger partial charge in [0.25, 0.3) is 0 Å². The highest BCUT2D eigenvalue weighted by Gasteiger charge is 2.05. The first-order valence-corrected chi connectivity index (χ1v) is 6.35. The second-order valence-corrected chi connectivity index (χ2v) is 4.91. The lowest BCUT2D eigenvalue weighted by molar-refractivity contribution is 0.888. The van der Waals surface area contributed by atoms with Crippen LogP contribution in [0.2, 0.25) is 0 Å². The van der Waals surface area contributed by atoms with E-state index in [1.807, 2.05) is 11.9 Å². The number of thiocarbonyl (C=S) groups is 1. The molecular formula is C14H16N4S. The average Bonchev–Trinajstić information content (AvgIpc) is 2.39. The van der Waals surface area contributed by atoms with Gasteiger partial charge in [-0.15, -0.1) is 0 Å². The van der Waals surface area contributed by atoms with E-state index in [-0.39, 0.29) is 4.99 Å². The first-order valence-electron chi connectivity index (χ1n) is 5.95. The van der Waals surface area contributed by atoms with Crippen molar-refractivity contribution in [1.29, 1.82) is 0 Å². The molecule has 98 valence electrons. The Hall–Kier alpha value is -2.01. The van der Waals surface area contributed by atoms with E-state index >= 15 is 0 Å². The lowest BCUT2D eigenvalue weighted by Crippen LogP contribution is -2.19. The summed E-state index contributed by atoms with van der Waals surface area (Å²) in [5, 5.41) is 0. The van der Waals surface area contributed by atoms with Crippen LogP contribution < -0.4 is 10.6 Å². The second kappa shape index (κ2) is 5.75. The van der Waals surface area contributed by atoms with E-state index in [2.05, 4.69) is 41.2 Å². The molecule has 0 atom stereocenters. The van der Waals surface area contributed by atoms with Crippen molar-refractivity contribution in [3.63, 3.8) is 0 Å². The summed E-state index contributed by atoms with van der Waals surface area (Å²) in [6, 6.07) is 8.40. The van der Waals surface area contributed by atoms with Crippen LogP contribution in [0.4, 0.5) is 5.82 Å². The molecule has 1 aromatic carbocycles. The van der Waals surface area contributed by atoms with E-state index in [1.54, 1.807) is 12.4 Å². The van der Waals surface area contributed by atoms with Gasteiger partial charge in [0.05, 0.1) is 12.4 Å². The van der Waals surface area contributed by atoms with Crippen LogP contribution >= 0.6 is 12.2 Å². The number of hydrogen-bond donors (Lipinski definition) is 1. The molecule has 2 N–H and O–H groups in total. The van der Waals surface area contributed by atoms with Gasteiger partial charge in [-0.1, -0.05) is 42.0 Å². The predicted molar refractivity (Wildman–Crippen MR) is 81.2 cm³/mol. The van der Waals surface area contributed by atoms with Gasteiger partial charge in [-0.2, -0.15) is 0 Å². The Morgan fingerprint density at radius 1 is 1.32 bits per heavy atom. The number of aromatic nitrogens is 2. The molecule has 1 heterocycles. The normalized spacial score (nSPS) is 10.2. The zero-order chi connectivity index (χ0) is 13.8. The van der Waals surface area contributed by atoms with Gasteiger partial charge in [0.15, 0.2) is 0 Å². The minimum Gasteiger partial charge on any atom is -0.388 e. The quantitative estimate of drug-likeness (QED) is 0.863. The summed E-state index contributed by atoms with van der Waals surface area (Å²) in [4.78, 5) is 10.8. The maximum atomic E-state index is 5.50. The van der Waals surface area contributed by atoms with E-state index in [0.29, 0.717) is 5.69 Å². The van der Waals surface area contributed by atoms with Crippen LogP contribution in [0.25, 0.3) is 0 Å². The molecule has 19 heavy (non-hydrogen) atoms. The maximum Gasteiger partial charge on any atom is 0.147 e. The van der Waals surface area contributed by atoms with Crippen molar-refractivity contribution in [3.05, 3.63) is 53.5 Å². The van der Waals surface area contributed by atoms with Crippen molar-refractivity contribution in [2.24, 2.45) is 5.73 Å². The highest BCUT2D eigenvalue weighted by Crippen LogP contribution is 2.12. The average molecular weight is 272 g/mol. The van der Waals surface area contributed by atoms with Crippen LogP contribution in [0.1, 0.15) is 16.8 Å². The molecule has 0 fully saturated rings. The molecule has 0 amide bonds. The fourth-order valence-corrected chi connectivity index (χ4v) is 1.92. The smallest absolute Gasteiger partial charge is 0.147 e. The Kier molecular flexibility index (Phi) is 4.06. The lowest BCUT2D eigenvalue weighted by Gasteiger charge is -2.18. The molecule has 0 spiro atoms. The third-order valence-corrected chi connectivity index (χ3v) is 2.99. The molecule has 0 aliphatic carbocycles. The van der Waals surface area contributed by atoms with E-state index in [0.717, 1.165) is 12.4 Å². The molecule has 0 aliphatic rings. The maximum absolute atomic E-state index is 5.50. The third-order valence-electron chi connectivity index (χ3n) is 2.78. The van der Waals surface area contributed by atoms with Crippen LogP contribution in [0.3, 0.4) is 0 Å². The number of nitrogens with zero attached hydrogens (tertiary/aromatic N) is 3. The van der Waals surface area contributed by atoms with Gasteiger partial charge in [0.1, 0.15) is 16.5 Å². The minimum absolute atomic E-state index is 0.264.